The van der Waals surface area contributed by atoms with Gasteiger partial charge in [-0.25, -0.2) is 8.42 Å². The minimum atomic E-state index is -3.77. The summed E-state index contributed by atoms with van der Waals surface area (Å²) < 4.78 is 27.3. The van der Waals surface area contributed by atoms with Crippen LogP contribution in [-0.4, -0.2) is 21.4 Å². The number of nitrogens with one attached hydrogen (secondary N) is 1. The number of benzene rings is 4. The zero-order valence-corrected chi connectivity index (χ0v) is 17.1. The van der Waals surface area contributed by atoms with E-state index >= 15 is 0 Å². The van der Waals surface area contributed by atoms with E-state index < -0.39 is 10.0 Å². The fourth-order valence-corrected chi connectivity index (χ4v) is 4.53. The number of para-hydroxylation sites is 1. The van der Waals surface area contributed by atoms with Crippen molar-refractivity contribution in [3.8, 4) is 0 Å². The lowest BCUT2D eigenvalue weighted by Crippen LogP contribution is -2.26. The summed E-state index contributed by atoms with van der Waals surface area (Å²) in [7, 11) is -2.26. The number of nitrogens with zero attached hydrogens (tertiary/aromatic N) is 1. The highest BCUT2D eigenvalue weighted by Gasteiger charge is 2.22. The summed E-state index contributed by atoms with van der Waals surface area (Å²) in [6.07, 6.45) is 0. The molecule has 4 aromatic carbocycles. The van der Waals surface area contributed by atoms with E-state index in [0.29, 0.717) is 16.9 Å². The fraction of sp³-hybridized carbons (Fsp3) is 0.0417. The molecule has 0 aliphatic carbocycles. The van der Waals surface area contributed by atoms with Gasteiger partial charge in [0.25, 0.3) is 15.9 Å². The smallest absolute Gasteiger partial charge is 0.264 e. The van der Waals surface area contributed by atoms with Crippen LogP contribution >= 0.6 is 0 Å². The lowest BCUT2D eigenvalue weighted by molar-refractivity contribution is 0.102. The summed E-state index contributed by atoms with van der Waals surface area (Å²) in [5, 5.41) is 4.62. The third-order valence-electron chi connectivity index (χ3n) is 4.90. The summed E-state index contributed by atoms with van der Waals surface area (Å²) in [4.78, 5) is 13.0. The van der Waals surface area contributed by atoms with Crippen LogP contribution in [0.3, 0.4) is 0 Å². The van der Waals surface area contributed by atoms with Crippen molar-refractivity contribution in [1.82, 2.24) is 0 Å². The maximum atomic E-state index is 13.0. The highest BCUT2D eigenvalue weighted by atomic mass is 32.2. The van der Waals surface area contributed by atoms with E-state index in [9.17, 15) is 13.2 Å². The Balaban J connectivity index is 1.63. The predicted octanol–water partition coefficient (Wildman–Crippen LogP) is 4.92. The highest BCUT2D eigenvalue weighted by molar-refractivity contribution is 7.92. The molecule has 1 N–H and O–H groups in total. The molecule has 0 atom stereocenters. The molecule has 0 fully saturated rings. The van der Waals surface area contributed by atoms with Gasteiger partial charge in [-0.05, 0) is 47.2 Å². The standard InChI is InChI=1S/C24H20N2O3S/c1-26(20-12-3-2-4-13-20)30(28,29)21-14-8-11-19(17-21)25-24(27)23-16-7-10-18-9-5-6-15-22(18)23/h2-17H,1H3,(H,25,27). The molecule has 0 bridgehead atoms. The molecule has 0 aliphatic rings. The molecule has 5 nitrogen and oxygen atoms in total. The molecule has 4 rings (SSSR count). The van der Waals surface area contributed by atoms with Gasteiger partial charge in [0.1, 0.15) is 0 Å². The Morgan fingerprint density at radius 3 is 2.27 bits per heavy atom. The molecule has 4 aromatic rings. The average molecular weight is 417 g/mol. The van der Waals surface area contributed by atoms with Gasteiger partial charge in [-0.3, -0.25) is 9.10 Å². The van der Waals surface area contributed by atoms with Crippen LogP contribution in [0.25, 0.3) is 10.8 Å². The van der Waals surface area contributed by atoms with E-state index in [-0.39, 0.29) is 10.8 Å². The molecule has 0 radical (unpaired) electrons. The number of rotatable bonds is 5. The van der Waals surface area contributed by atoms with E-state index in [1.165, 1.54) is 23.5 Å². The quantitative estimate of drug-likeness (QED) is 0.502. The van der Waals surface area contributed by atoms with Gasteiger partial charge in [-0.1, -0.05) is 60.7 Å². The molecule has 6 heteroatoms. The number of carbonyl (C=O) groups excluding carboxylic acids is 1. The van der Waals surface area contributed by atoms with Crippen LogP contribution in [0.15, 0.2) is 102 Å². The topological polar surface area (TPSA) is 66.5 Å². The summed E-state index contributed by atoms with van der Waals surface area (Å²) in [5.41, 5.74) is 1.50. The van der Waals surface area contributed by atoms with Crippen LogP contribution in [0, 0.1) is 0 Å². The van der Waals surface area contributed by atoms with Crippen molar-refractivity contribution in [3.63, 3.8) is 0 Å². The zero-order valence-electron chi connectivity index (χ0n) is 16.3. The number of carbonyl (C=O) groups is 1. The van der Waals surface area contributed by atoms with Gasteiger partial charge in [0.2, 0.25) is 0 Å². The molecule has 0 aliphatic heterocycles. The maximum Gasteiger partial charge on any atom is 0.264 e. The monoisotopic (exact) mass is 416 g/mol. The normalized spacial score (nSPS) is 11.2. The van der Waals surface area contributed by atoms with Gasteiger partial charge >= 0.3 is 0 Å². The van der Waals surface area contributed by atoms with Gasteiger partial charge in [0, 0.05) is 18.3 Å². The minimum Gasteiger partial charge on any atom is -0.322 e. The van der Waals surface area contributed by atoms with Crippen LogP contribution in [-0.2, 0) is 10.0 Å². The maximum absolute atomic E-state index is 13.0. The number of anilines is 2. The van der Waals surface area contributed by atoms with E-state index in [1.54, 1.807) is 42.5 Å². The molecule has 0 heterocycles. The largest absolute Gasteiger partial charge is 0.322 e. The van der Waals surface area contributed by atoms with Crippen LogP contribution in [0.2, 0.25) is 0 Å². The third kappa shape index (κ3) is 3.77. The van der Waals surface area contributed by atoms with E-state index in [0.717, 1.165) is 10.8 Å². The summed E-state index contributed by atoms with van der Waals surface area (Å²) in [6.45, 7) is 0. The highest BCUT2D eigenvalue weighted by Crippen LogP contribution is 2.25. The van der Waals surface area contributed by atoms with Crippen LogP contribution in [0.5, 0.6) is 0 Å². The number of hydrogen-bond donors (Lipinski definition) is 1. The molecular weight excluding hydrogens is 396 g/mol. The van der Waals surface area contributed by atoms with Gasteiger partial charge < -0.3 is 5.32 Å². The number of fused-ring (bicyclic) bond motifs is 1. The van der Waals surface area contributed by atoms with Crippen LogP contribution in [0.1, 0.15) is 10.4 Å². The SMILES string of the molecule is CN(c1ccccc1)S(=O)(=O)c1cccc(NC(=O)c2cccc3ccccc23)c1. The molecule has 30 heavy (non-hydrogen) atoms. The number of amides is 1. The molecule has 0 saturated carbocycles. The summed E-state index contributed by atoms with van der Waals surface area (Å²) in [6, 6.07) is 28.3. The first-order valence-corrected chi connectivity index (χ1v) is 10.8. The second-order valence-electron chi connectivity index (χ2n) is 6.82. The van der Waals surface area contributed by atoms with E-state index in [2.05, 4.69) is 5.32 Å². The Hall–Kier alpha value is -3.64. The van der Waals surface area contributed by atoms with Crippen molar-refractivity contribution in [2.24, 2.45) is 0 Å². The van der Waals surface area contributed by atoms with Crippen molar-refractivity contribution >= 4 is 38.1 Å². The first-order valence-electron chi connectivity index (χ1n) is 9.40. The fourth-order valence-electron chi connectivity index (χ4n) is 3.29. The Labute approximate surface area is 175 Å². The molecular formula is C24H20N2O3S. The van der Waals surface area contributed by atoms with Crippen molar-refractivity contribution < 1.29 is 13.2 Å². The molecule has 1 amide bonds. The van der Waals surface area contributed by atoms with E-state index in [1.807, 2.05) is 42.5 Å². The summed E-state index contributed by atoms with van der Waals surface area (Å²) in [5.74, 6) is -0.294. The lowest BCUT2D eigenvalue weighted by atomic mass is 10.0. The molecule has 150 valence electrons. The lowest BCUT2D eigenvalue weighted by Gasteiger charge is -2.20. The first-order chi connectivity index (χ1) is 14.5. The summed E-state index contributed by atoms with van der Waals surface area (Å²) >= 11 is 0. The average Bonchev–Trinajstić information content (AvgIpc) is 2.79. The first kappa shape index (κ1) is 19.7. The molecule has 0 saturated heterocycles. The Bertz CT molecular complexity index is 1310. The number of sulfonamides is 1. The van der Waals surface area contributed by atoms with Gasteiger partial charge in [0.15, 0.2) is 0 Å². The minimum absolute atomic E-state index is 0.101. The molecule has 0 aromatic heterocycles. The second kappa shape index (κ2) is 8.00. The Morgan fingerprint density at radius 2 is 1.47 bits per heavy atom. The van der Waals surface area contributed by atoms with Gasteiger partial charge in [-0.2, -0.15) is 0 Å². The third-order valence-corrected chi connectivity index (χ3v) is 6.69. The van der Waals surface area contributed by atoms with Crippen molar-refractivity contribution in [1.29, 1.82) is 0 Å². The number of hydrogen-bond acceptors (Lipinski definition) is 3. The van der Waals surface area contributed by atoms with Crippen LogP contribution < -0.4 is 9.62 Å². The predicted molar refractivity (Wildman–Crippen MR) is 120 cm³/mol. The van der Waals surface area contributed by atoms with Gasteiger partial charge in [-0.15, -0.1) is 0 Å². The van der Waals surface area contributed by atoms with Gasteiger partial charge in [0.05, 0.1) is 10.6 Å². The second-order valence-corrected chi connectivity index (χ2v) is 8.79. The zero-order chi connectivity index (χ0) is 21.1. The Kier molecular flexibility index (Phi) is 5.25. The van der Waals surface area contributed by atoms with Crippen LogP contribution in [0.4, 0.5) is 11.4 Å². The van der Waals surface area contributed by atoms with Crippen molar-refractivity contribution in [2.45, 2.75) is 4.90 Å². The Morgan fingerprint density at radius 1 is 0.800 bits per heavy atom. The molecule has 0 spiro atoms. The van der Waals surface area contributed by atoms with E-state index in [4.69, 9.17) is 0 Å². The van der Waals surface area contributed by atoms with Crippen molar-refractivity contribution in [2.75, 3.05) is 16.7 Å². The van der Waals surface area contributed by atoms with Crippen molar-refractivity contribution in [3.05, 3.63) is 103 Å². The molecule has 0 unspecified atom stereocenters.